The third-order valence-corrected chi connectivity index (χ3v) is 2.45. The molecule has 1 aliphatic heterocycles. The van der Waals surface area contributed by atoms with Crippen LogP contribution in [0.4, 0.5) is 0 Å². The van der Waals surface area contributed by atoms with Gasteiger partial charge in [-0.05, 0) is 19.9 Å². The number of nitrogens with one attached hydrogen (secondary N) is 2. The molecular formula is C9H20N2O. The van der Waals surface area contributed by atoms with Crippen molar-refractivity contribution in [1.82, 2.24) is 10.6 Å². The first kappa shape index (κ1) is 9.96. The van der Waals surface area contributed by atoms with E-state index in [1.54, 1.807) is 0 Å². The summed E-state index contributed by atoms with van der Waals surface area (Å²) in [4.78, 5) is 0. The van der Waals surface area contributed by atoms with E-state index in [2.05, 4.69) is 17.6 Å². The SMILES string of the molecule is CCC(CC1CNCCO1)NC. The minimum Gasteiger partial charge on any atom is -0.376 e. The molecule has 1 rings (SSSR count). The van der Waals surface area contributed by atoms with E-state index in [0.717, 1.165) is 26.1 Å². The second kappa shape index (κ2) is 5.51. The molecule has 2 atom stereocenters. The summed E-state index contributed by atoms with van der Waals surface area (Å²) in [6.45, 7) is 5.09. The largest absolute Gasteiger partial charge is 0.376 e. The molecule has 3 nitrogen and oxygen atoms in total. The molecule has 12 heavy (non-hydrogen) atoms. The first-order valence-corrected chi connectivity index (χ1v) is 4.86. The van der Waals surface area contributed by atoms with E-state index in [1.807, 2.05) is 7.05 Å². The van der Waals surface area contributed by atoms with Gasteiger partial charge in [0.25, 0.3) is 0 Å². The topological polar surface area (TPSA) is 33.3 Å². The third-order valence-electron chi connectivity index (χ3n) is 2.45. The normalized spacial score (nSPS) is 27.0. The summed E-state index contributed by atoms with van der Waals surface area (Å²) < 4.78 is 5.61. The van der Waals surface area contributed by atoms with Crippen LogP contribution < -0.4 is 10.6 Å². The fraction of sp³-hybridized carbons (Fsp3) is 1.00. The van der Waals surface area contributed by atoms with Crippen molar-refractivity contribution in [3.05, 3.63) is 0 Å². The molecule has 0 aromatic rings. The summed E-state index contributed by atoms with van der Waals surface area (Å²) in [6, 6.07) is 0.606. The molecule has 2 N–H and O–H groups in total. The molecule has 0 radical (unpaired) electrons. The number of hydrogen-bond acceptors (Lipinski definition) is 3. The first-order valence-electron chi connectivity index (χ1n) is 4.86. The maximum Gasteiger partial charge on any atom is 0.0714 e. The van der Waals surface area contributed by atoms with Crippen LogP contribution in [0.2, 0.25) is 0 Å². The van der Waals surface area contributed by atoms with Crippen LogP contribution in [-0.4, -0.2) is 38.9 Å². The van der Waals surface area contributed by atoms with Crippen molar-refractivity contribution in [1.29, 1.82) is 0 Å². The average molecular weight is 172 g/mol. The van der Waals surface area contributed by atoms with Crippen LogP contribution >= 0.6 is 0 Å². The van der Waals surface area contributed by atoms with Crippen molar-refractivity contribution < 1.29 is 4.74 Å². The summed E-state index contributed by atoms with van der Waals surface area (Å²) in [6.07, 6.45) is 2.72. The molecule has 0 aromatic carbocycles. The lowest BCUT2D eigenvalue weighted by Gasteiger charge is -2.26. The summed E-state index contributed by atoms with van der Waals surface area (Å²) in [5.74, 6) is 0. The van der Waals surface area contributed by atoms with Crippen molar-refractivity contribution in [2.45, 2.75) is 31.9 Å². The molecule has 3 heteroatoms. The highest BCUT2D eigenvalue weighted by molar-refractivity contribution is 4.73. The van der Waals surface area contributed by atoms with Crippen molar-refractivity contribution in [2.75, 3.05) is 26.7 Å². The number of morpholine rings is 1. The van der Waals surface area contributed by atoms with E-state index in [1.165, 1.54) is 6.42 Å². The van der Waals surface area contributed by atoms with E-state index in [-0.39, 0.29) is 0 Å². The molecule has 0 aromatic heterocycles. The fourth-order valence-electron chi connectivity index (χ4n) is 1.58. The maximum atomic E-state index is 5.61. The van der Waals surface area contributed by atoms with E-state index < -0.39 is 0 Å². The van der Waals surface area contributed by atoms with Crippen molar-refractivity contribution in [2.24, 2.45) is 0 Å². The molecular weight excluding hydrogens is 152 g/mol. The Kier molecular flexibility index (Phi) is 4.58. The van der Waals surface area contributed by atoms with Crippen molar-refractivity contribution >= 4 is 0 Å². The lowest BCUT2D eigenvalue weighted by molar-refractivity contribution is 0.0175. The second-order valence-electron chi connectivity index (χ2n) is 3.33. The van der Waals surface area contributed by atoms with Gasteiger partial charge in [-0.3, -0.25) is 0 Å². The Morgan fingerprint density at radius 3 is 3.00 bits per heavy atom. The summed E-state index contributed by atoms with van der Waals surface area (Å²) >= 11 is 0. The van der Waals surface area contributed by atoms with Crippen molar-refractivity contribution in [3.63, 3.8) is 0 Å². The highest BCUT2D eigenvalue weighted by Gasteiger charge is 2.16. The highest BCUT2D eigenvalue weighted by Crippen LogP contribution is 2.07. The molecule has 1 heterocycles. The Balaban J connectivity index is 2.18. The van der Waals surface area contributed by atoms with Gasteiger partial charge in [0, 0.05) is 19.1 Å². The molecule has 0 amide bonds. The highest BCUT2D eigenvalue weighted by atomic mass is 16.5. The Labute approximate surface area is 74.9 Å². The quantitative estimate of drug-likeness (QED) is 0.642. The summed E-state index contributed by atoms with van der Waals surface area (Å²) in [7, 11) is 2.02. The minimum atomic E-state index is 0.413. The van der Waals surface area contributed by atoms with Crippen molar-refractivity contribution in [3.8, 4) is 0 Å². The molecule has 1 fully saturated rings. The van der Waals surface area contributed by atoms with E-state index >= 15 is 0 Å². The predicted molar refractivity (Wildman–Crippen MR) is 50.4 cm³/mol. The number of rotatable bonds is 4. The monoisotopic (exact) mass is 172 g/mol. The molecule has 1 saturated heterocycles. The van der Waals surface area contributed by atoms with Crippen LogP contribution in [0.1, 0.15) is 19.8 Å². The van der Waals surface area contributed by atoms with Gasteiger partial charge < -0.3 is 15.4 Å². The standard InChI is InChI=1S/C9H20N2O/c1-3-8(10-2)6-9-7-11-4-5-12-9/h8-11H,3-7H2,1-2H3. The Hall–Kier alpha value is -0.120. The maximum absolute atomic E-state index is 5.61. The minimum absolute atomic E-state index is 0.413. The number of hydrogen-bond donors (Lipinski definition) is 2. The zero-order chi connectivity index (χ0) is 8.81. The van der Waals surface area contributed by atoms with E-state index in [9.17, 15) is 0 Å². The number of ether oxygens (including phenoxy) is 1. The van der Waals surface area contributed by atoms with Crippen LogP contribution in [0.15, 0.2) is 0 Å². The van der Waals surface area contributed by atoms with Gasteiger partial charge >= 0.3 is 0 Å². The molecule has 72 valence electrons. The van der Waals surface area contributed by atoms with E-state index in [0.29, 0.717) is 12.1 Å². The average Bonchev–Trinajstić information content (AvgIpc) is 2.16. The molecule has 0 saturated carbocycles. The smallest absolute Gasteiger partial charge is 0.0714 e. The van der Waals surface area contributed by atoms with Gasteiger partial charge in [-0.1, -0.05) is 6.92 Å². The Morgan fingerprint density at radius 2 is 2.50 bits per heavy atom. The zero-order valence-electron chi connectivity index (χ0n) is 8.10. The third kappa shape index (κ3) is 3.09. The first-order chi connectivity index (χ1) is 5.86. The van der Waals surface area contributed by atoms with Gasteiger partial charge in [-0.2, -0.15) is 0 Å². The lowest BCUT2D eigenvalue weighted by Crippen LogP contribution is -2.42. The van der Waals surface area contributed by atoms with Crippen LogP contribution in [0, 0.1) is 0 Å². The Morgan fingerprint density at radius 1 is 1.67 bits per heavy atom. The van der Waals surface area contributed by atoms with Gasteiger partial charge in [0.1, 0.15) is 0 Å². The lowest BCUT2D eigenvalue weighted by atomic mass is 10.1. The van der Waals surface area contributed by atoms with Crippen LogP contribution in [0.5, 0.6) is 0 Å². The molecule has 1 aliphatic rings. The molecule has 2 unspecified atom stereocenters. The second-order valence-corrected chi connectivity index (χ2v) is 3.33. The van der Waals surface area contributed by atoms with Crippen LogP contribution in [-0.2, 0) is 4.74 Å². The van der Waals surface area contributed by atoms with Crippen LogP contribution in [0.25, 0.3) is 0 Å². The summed E-state index contributed by atoms with van der Waals surface area (Å²) in [5.41, 5.74) is 0. The predicted octanol–water partition coefficient (Wildman–Crippen LogP) is 0.363. The molecule has 0 spiro atoms. The fourth-order valence-corrected chi connectivity index (χ4v) is 1.58. The van der Waals surface area contributed by atoms with Crippen LogP contribution in [0.3, 0.4) is 0 Å². The molecule has 0 aliphatic carbocycles. The van der Waals surface area contributed by atoms with Gasteiger partial charge in [-0.15, -0.1) is 0 Å². The van der Waals surface area contributed by atoms with E-state index in [4.69, 9.17) is 4.74 Å². The zero-order valence-corrected chi connectivity index (χ0v) is 8.10. The molecule has 0 bridgehead atoms. The summed E-state index contributed by atoms with van der Waals surface area (Å²) in [5, 5.41) is 6.63. The Bertz CT molecular complexity index is 109. The van der Waals surface area contributed by atoms with Gasteiger partial charge in [0.15, 0.2) is 0 Å². The van der Waals surface area contributed by atoms with Gasteiger partial charge in [-0.25, -0.2) is 0 Å². The van der Waals surface area contributed by atoms with Gasteiger partial charge in [0.2, 0.25) is 0 Å². The van der Waals surface area contributed by atoms with Gasteiger partial charge in [0.05, 0.1) is 12.7 Å².